The first-order chi connectivity index (χ1) is 7.59. The summed E-state index contributed by atoms with van der Waals surface area (Å²) in [6, 6.07) is 7.78. The SMILES string of the molecule is CC(C)c1ccc(C(=O)C2(CO)CC2)cc1. The Kier molecular flexibility index (Phi) is 2.85. The number of aliphatic hydroxyl groups excluding tert-OH is 1. The van der Waals surface area contributed by atoms with Gasteiger partial charge in [0.2, 0.25) is 0 Å². The van der Waals surface area contributed by atoms with E-state index in [4.69, 9.17) is 0 Å². The Labute approximate surface area is 96.3 Å². The van der Waals surface area contributed by atoms with Crippen LogP contribution in [-0.4, -0.2) is 17.5 Å². The third-order valence-corrected chi connectivity index (χ3v) is 3.48. The molecule has 1 aromatic carbocycles. The highest BCUT2D eigenvalue weighted by molar-refractivity contribution is 6.02. The van der Waals surface area contributed by atoms with Gasteiger partial charge in [0.1, 0.15) is 0 Å². The molecule has 0 atom stereocenters. The normalized spacial score (nSPS) is 17.5. The fourth-order valence-electron chi connectivity index (χ4n) is 1.93. The van der Waals surface area contributed by atoms with Crippen LogP contribution in [-0.2, 0) is 0 Å². The van der Waals surface area contributed by atoms with Gasteiger partial charge in [0.15, 0.2) is 5.78 Å². The van der Waals surface area contributed by atoms with Crippen LogP contribution in [0.15, 0.2) is 24.3 Å². The quantitative estimate of drug-likeness (QED) is 0.789. The molecular weight excluding hydrogens is 200 g/mol. The van der Waals surface area contributed by atoms with Crippen LogP contribution >= 0.6 is 0 Å². The number of benzene rings is 1. The van der Waals surface area contributed by atoms with Crippen LogP contribution < -0.4 is 0 Å². The van der Waals surface area contributed by atoms with E-state index < -0.39 is 5.41 Å². The van der Waals surface area contributed by atoms with Crippen LogP contribution in [0.5, 0.6) is 0 Å². The Balaban J connectivity index is 2.19. The molecule has 16 heavy (non-hydrogen) atoms. The molecule has 0 unspecified atom stereocenters. The fourth-order valence-corrected chi connectivity index (χ4v) is 1.93. The lowest BCUT2D eigenvalue weighted by Crippen LogP contribution is -2.19. The van der Waals surface area contributed by atoms with Crippen LogP contribution in [0.2, 0.25) is 0 Å². The van der Waals surface area contributed by atoms with Crippen LogP contribution in [0.4, 0.5) is 0 Å². The molecule has 0 radical (unpaired) electrons. The summed E-state index contributed by atoms with van der Waals surface area (Å²) >= 11 is 0. The highest BCUT2D eigenvalue weighted by Gasteiger charge is 2.49. The van der Waals surface area contributed by atoms with E-state index in [2.05, 4.69) is 13.8 Å². The summed E-state index contributed by atoms with van der Waals surface area (Å²) in [6.07, 6.45) is 1.66. The van der Waals surface area contributed by atoms with Gasteiger partial charge in [0.05, 0.1) is 12.0 Å². The van der Waals surface area contributed by atoms with Crippen molar-refractivity contribution in [1.29, 1.82) is 0 Å². The molecule has 0 aromatic heterocycles. The number of hydrogen-bond acceptors (Lipinski definition) is 2. The molecule has 0 heterocycles. The molecule has 0 spiro atoms. The van der Waals surface area contributed by atoms with Crippen molar-refractivity contribution in [3.63, 3.8) is 0 Å². The summed E-state index contributed by atoms with van der Waals surface area (Å²) < 4.78 is 0. The molecule has 1 saturated carbocycles. The predicted molar refractivity (Wildman–Crippen MR) is 63.6 cm³/mol. The van der Waals surface area contributed by atoms with E-state index in [1.54, 1.807) is 0 Å². The Morgan fingerprint density at radius 2 is 1.88 bits per heavy atom. The van der Waals surface area contributed by atoms with Crippen molar-refractivity contribution >= 4 is 5.78 Å². The van der Waals surface area contributed by atoms with Gasteiger partial charge in [-0.15, -0.1) is 0 Å². The van der Waals surface area contributed by atoms with Crippen molar-refractivity contribution in [2.45, 2.75) is 32.6 Å². The van der Waals surface area contributed by atoms with Crippen LogP contribution in [0.1, 0.15) is 48.5 Å². The topological polar surface area (TPSA) is 37.3 Å². The summed E-state index contributed by atoms with van der Waals surface area (Å²) in [5.74, 6) is 0.585. The second-order valence-corrected chi connectivity index (χ2v) is 5.04. The molecular formula is C14H18O2. The maximum Gasteiger partial charge on any atom is 0.171 e. The second kappa shape index (κ2) is 4.02. The van der Waals surface area contributed by atoms with E-state index in [1.165, 1.54) is 5.56 Å². The van der Waals surface area contributed by atoms with Crippen molar-refractivity contribution in [1.82, 2.24) is 0 Å². The number of carbonyl (C=O) groups excluding carboxylic acids is 1. The largest absolute Gasteiger partial charge is 0.395 e. The summed E-state index contributed by atoms with van der Waals surface area (Å²) in [6.45, 7) is 4.25. The minimum absolute atomic E-state index is 0.0161. The van der Waals surface area contributed by atoms with E-state index in [9.17, 15) is 9.90 Å². The molecule has 1 aromatic rings. The Morgan fingerprint density at radius 1 is 1.31 bits per heavy atom. The predicted octanol–water partition coefficient (Wildman–Crippen LogP) is 2.77. The number of Topliss-reactive ketones (excluding diaryl/α,β-unsaturated/α-hetero) is 1. The molecule has 2 heteroatoms. The number of aliphatic hydroxyl groups is 1. The van der Waals surface area contributed by atoms with E-state index in [-0.39, 0.29) is 12.4 Å². The fraction of sp³-hybridized carbons (Fsp3) is 0.500. The zero-order valence-corrected chi connectivity index (χ0v) is 9.86. The average molecular weight is 218 g/mol. The van der Waals surface area contributed by atoms with E-state index >= 15 is 0 Å². The van der Waals surface area contributed by atoms with Gasteiger partial charge >= 0.3 is 0 Å². The van der Waals surface area contributed by atoms with Crippen LogP contribution in [0, 0.1) is 5.41 Å². The third kappa shape index (κ3) is 1.90. The smallest absolute Gasteiger partial charge is 0.171 e. The number of rotatable bonds is 4. The van der Waals surface area contributed by atoms with Crippen molar-refractivity contribution in [2.75, 3.05) is 6.61 Å². The first-order valence-electron chi connectivity index (χ1n) is 5.85. The molecule has 0 aliphatic heterocycles. The molecule has 1 fully saturated rings. The minimum Gasteiger partial charge on any atom is -0.395 e. The summed E-state index contributed by atoms with van der Waals surface area (Å²) in [5.41, 5.74) is 1.53. The lowest BCUT2D eigenvalue weighted by Gasteiger charge is -2.11. The zero-order valence-electron chi connectivity index (χ0n) is 9.86. The van der Waals surface area contributed by atoms with Crippen molar-refractivity contribution in [3.05, 3.63) is 35.4 Å². The van der Waals surface area contributed by atoms with E-state index in [1.807, 2.05) is 24.3 Å². The molecule has 1 aliphatic rings. The number of carbonyl (C=O) groups is 1. The average Bonchev–Trinajstić information content (AvgIpc) is 3.09. The highest BCUT2D eigenvalue weighted by atomic mass is 16.3. The van der Waals surface area contributed by atoms with Crippen molar-refractivity contribution < 1.29 is 9.90 Å². The molecule has 2 rings (SSSR count). The maximum absolute atomic E-state index is 12.1. The Morgan fingerprint density at radius 3 is 2.25 bits per heavy atom. The number of ketones is 1. The van der Waals surface area contributed by atoms with Gasteiger partial charge in [-0.25, -0.2) is 0 Å². The first-order valence-corrected chi connectivity index (χ1v) is 5.85. The van der Waals surface area contributed by atoms with Gasteiger partial charge in [-0.05, 0) is 24.3 Å². The van der Waals surface area contributed by atoms with Gasteiger partial charge in [0.25, 0.3) is 0 Å². The Hall–Kier alpha value is -1.15. The summed E-state index contributed by atoms with van der Waals surface area (Å²) in [5, 5.41) is 9.21. The van der Waals surface area contributed by atoms with Crippen molar-refractivity contribution in [3.8, 4) is 0 Å². The van der Waals surface area contributed by atoms with E-state index in [0.29, 0.717) is 5.92 Å². The standard InChI is InChI=1S/C14H18O2/c1-10(2)11-3-5-12(6-4-11)13(16)14(9-15)7-8-14/h3-6,10,15H,7-9H2,1-2H3. The molecule has 0 amide bonds. The lowest BCUT2D eigenvalue weighted by molar-refractivity contribution is 0.0829. The van der Waals surface area contributed by atoms with Gasteiger partial charge in [0, 0.05) is 5.56 Å². The van der Waals surface area contributed by atoms with Gasteiger partial charge in [-0.1, -0.05) is 38.1 Å². The summed E-state index contributed by atoms with van der Waals surface area (Å²) in [7, 11) is 0. The monoisotopic (exact) mass is 218 g/mol. The molecule has 1 N–H and O–H groups in total. The Bertz CT molecular complexity index is 386. The second-order valence-electron chi connectivity index (χ2n) is 5.04. The van der Waals surface area contributed by atoms with Crippen molar-refractivity contribution in [2.24, 2.45) is 5.41 Å². The van der Waals surface area contributed by atoms with Crippen LogP contribution in [0.3, 0.4) is 0 Å². The maximum atomic E-state index is 12.1. The molecule has 1 aliphatic carbocycles. The molecule has 2 nitrogen and oxygen atoms in total. The molecule has 86 valence electrons. The lowest BCUT2D eigenvalue weighted by atomic mass is 9.93. The molecule has 0 bridgehead atoms. The molecule has 0 saturated heterocycles. The summed E-state index contributed by atoms with van der Waals surface area (Å²) in [4.78, 5) is 12.1. The van der Waals surface area contributed by atoms with Gasteiger partial charge < -0.3 is 5.11 Å². The van der Waals surface area contributed by atoms with Crippen LogP contribution in [0.25, 0.3) is 0 Å². The third-order valence-electron chi connectivity index (χ3n) is 3.48. The highest BCUT2D eigenvalue weighted by Crippen LogP contribution is 2.47. The van der Waals surface area contributed by atoms with Gasteiger partial charge in [-0.2, -0.15) is 0 Å². The minimum atomic E-state index is -0.445. The van der Waals surface area contributed by atoms with E-state index in [0.717, 1.165) is 18.4 Å². The van der Waals surface area contributed by atoms with Gasteiger partial charge in [-0.3, -0.25) is 4.79 Å². The first kappa shape index (κ1) is 11.3. The zero-order chi connectivity index (χ0) is 11.8. The number of hydrogen-bond donors (Lipinski definition) is 1.